The van der Waals surface area contributed by atoms with Crippen molar-refractivity contribution in [2.75, 3.05) is 0 Å². The lowest BCUT2D eigenvalue weighted by Crippen LogP contribution is -2.39. The Kier molecular flexibility index (Phi) is 5.52. The maximum Gasteiger partial charge on any atom is 0.269 e. The van der Waals surface area contributed by atoms with Gasteiger partial charge in [-0.2, -0.15) is 10.4 Å². The van der Waals surface area contributed by atoms with E-state index in [0.717, 1.165) is 36.9 Å². The number of amides is 1. The molecule has 2 heterocycles. The summed E-state index contributed by atoms with van der Waals surface area (Å²) in [6, 6.07) is 17.1. The van der Waals surface area contributed by atoms with Gasteiger partial charge in [-0.1, -0.05) is 30.3 Å². The Labute approximate surface area is 168 Å². The molecule has 2 aromatic heterocycles. The van der Waals surface area contributed by atoms with Crippen LogP contribution in [0.4, 0.5) is 0 Å². The first-order valence-electron chi connectivity index (χ1n) is 9.66. The molecule has 0 spiro atoms. The lowest BCUT2D eigenvalue weighted by atomic mass is 9.93. The molecule has 1 aliphatic carbocycles. The van der Waals surface area contributed by atoms with Crippen molar-refractivity contribution >= 4 is 5.91 Å². The predicted octanol–water partition coefficient (Wildman–Crippen LogP) is 3.46. The van der Waals surface area contributed by atoms with E-state index in [1.165, 1.54) is 6.20 Å². The van der Waals surface area contributed by atoms with Crippen molar-refractivity contribution < 1.29 is 9.53 Å². The number of hydrogen-bond donors (Lipinski definition) is 2. The Morgan fingerprint density at radius 1 is 1.14 bits per heavy atom. The van der Waals surface area contributed by atoms with E-state index in [1.807, 2.05) is 36.4 Å². The minimum Gasteiger partial charge on any atom is -0.474 e. The molecule has 0 aliphatic heterocycles. The van der Waals surface area contributed by atoms with Crippen LogP contribution in [0.3, 0.4) is 0 Å². The number of carbonyl (C=O) groups excluding carboxylic acids is 1. The first-order chi connectivity index (χ1) is 14.2. The number of aromatic nitrogens is 3. The van der Waals surface area contributed by atoms with Crippen LogP contribution in [-0.4, -0.2) is 33.2 Å². The summed E-state index contributed by atoms with van der Waals surface area (Å²) >= 11 is 0. The third kappa shape index (κ3) is 4.61. The molecule has 0 bridgehead atoms. The van der Waals surface area contributed by atoms with Gasteiger partial charge in [0.05, 0.1) is 11.3 Å². The number of nitrogens with zero attached hydrogens (tertiary/aromatic N) is 3. The Balaban J connectivity index is 1.27. The van der Waals surface area contributed by atoms with E-state index < -0.39 is 0 Å². The van der Waals surface area contributed by atoms with Gasteiger partial charge in [0.1, 0.15) is 17.9 Å². The fraction of sp³-hybridized carbons (Fsp3) is 0.273. The van der Waals surface area contributed by atoms with Crippen LogP contribution < -0.4 is 10.1 Å². The van der Waals surface area contributed by atoms with Crippen LogP contribution in [0.5, 0.6) is 5.88 Å². The van der Waals surface area contributed by atoms with Crippen molar-refractivity contribution in [3.8, 4) is 23.2 Å². The molecule has 7 nitrogen and oxygen atoms in total. The van der Waals surface area contributed by atoms with Crippen LogP contribution in [0, 0.1) is 11.3 Å². The van der Waals surface area contributed by atoms with Crippen LogP contribution in [-0.2, 0) is 0 Å². The number of hydrogen-bond acceptors (Lipinski definition) is 5. The summed E-state index contributed by atoms with van der Waals surface area (Å²) < 4.78 is 5.90. The Bertz CT molecular complexity index is 1000. The summed E-state index contributed by atoms with van der Waals surface area (Å²) in [6.07, 6.45) is 4.93. The SMILES string of the molecule is N#Cc1ccc(OC2CCC(NC(=O)c3cc(-c4ccccc4)n[nH]3)CC2)nc1. The van der Waals surface area contributed by atoms with E-state index in [0.29, 0.717) is 17.1 Å². The maximum atomic E-state index is 12.5. The highest BCUT2D eigenvalue weighted by molar-refractivity contribution is 5.93. The molecule has 1 fully saturated rings. The number of rotatable bonds is 5. The number of benzene rings is 1. The van der Waals surface area contributed by atoms with Gasteiger partial charge < -0.3 is 10.1 Å². The minimum absolute atomic E-state index is 0.0698. The standard InChI is InChI=1S/C22H21N5O2/c23-13-15-6-11-21(24-14-15)29-18-9-7-17(8-10-18)25-22(28)20-12-19(26-27-20)16-4-2-1-3-5-16/h1-6,11-12,14,17-18H,7-10H2,(H,25,28)(H,26,27). The van der Waals surface area contributed by atoms with E-state index in [9.17, 15) is 4.79 Å². The Hall–Kier alpha value is -3.66. The molecule has 4 rings (SSSR count). The molecule has 1 aromatic carbocycles. The Morgan fingerprint density at radius 3 is 2.62 bits per heavy atom. The first kappa shape index (κ1) is 18.7. The fourth-order valence-electron chi connectivity index (χ4n) is 3.47. The zero-order valence-electron chi connectivity index (χ0n) is 15.8. The van der Waals surface area contributed by atoms with Crippen LogP contribution in [0.2, 0.25) is 0 Å². The highest BCUT2D eigenvalue weighted by Gasteiger charge is 2.24. The van der Waals surface area contributed by atoms with Gasteiger partial charge in [0.2, 0.25) is 5.88 Å². The molecule has 0 radical (unpaired) electrons. The second-order valence-corrected chi connectivity index (χ2v) is 7.09. The number of carbonyl (C=O) groups is 1. The van der Waals surface area contributed by atoms with Gasteiger partial charge >= 0.3 is 0 Å². The lowest BCUT2D eigenvalue weighted by Gasteiger charge is -2.29. The number of aromatic amines is 1. The van der Waals surface area contributed by atoms with Crippen LogP contribution in [0.15, 0.2) is 54.7 Å². The van der Waals surface area contributed by atoms with Gasteiger partial charge in [0.25, 0.3) is 5.91 Å². The summed E-state index contributed by atoms with van der Waals surface area (Å²) in [4.78, 5) is 16.7. The minimum atomic E-state index is -0.141. The molecule has 146 valence electrons. The maximum absolute atomic E-state index is 12.5. The third-order valence-electron chi connectivity index (χ3n) is 5.05. The van der Waals surface area contributed by atoms with E-state index in [1.54, 1.807) is 18.2 Å². The molecule has 0 unspecified atom stereocenters. The molecule has 0 atom stereocenters. The predicted molar refractivity (Wildman–Crippen MR) is 107 cm³/mol. The lowest BCUT2D eigenvalue weighted by molar-refractivity contribution is 0.0885. The van der Waals surface area contributed by atoms with Gasteiger partial charge in [0.15, 0.2) is 0 Å². The van der Waals surface area contributed by atoms with Crippen molar-refractivity contribution in [1.82, 2.24) is 20.5 Å². The summed E-state index contributed by atoms with van der Waals surface area (Å²) in [6.45, 7) is 0. The van der Waals surface area contributed by atoms with Gasteiger partial charge in [-0.25, -0.2) is 4.98 Å². The third-order valence-corrected chi connectivity index (χ3v) is 5.05. The molecule has 1 saturated carbocycles. The smallest absolute Gasteiger partial charge is 0.269 e. The van der Waals surface area contributed by atoms with Crippen LogP contribution >= 0.6 is 0 Å². The average Bonchev–Trinajstić information content (AvgIpc) is 3.27. The second kappa shape index (κ2) is 8.57. The first-order valence-corrected chi connectivity index (χ1v) is 9.66. The summed E-state index contributed by atoms with van der Waals surface area (Å²) in [7, 11) is 0. The summed E-state index contributed by atoms with van der Waals surface area (Å²) in [5, 5.41) is 19.0. The monoisotopic (exact) mass is 387 g/mol. The van der Waals surface area contributed by atoms with Crippen molar-refractivity contribution in [1.29, 1.82) is 5.26 Å². The molecule has 2 N–H and O–H groups in total. The quantitative estimate of drug-likeness (QED) is 0.698. The van der Waals surface area contributed by atoms with Crippen molar-refractivity contribution in [3.05, 3.63) is 66.0 Å². The second-order valence-electron chi connectivity index (χ2n) is 7.09. The normalized spacial score (nSPS) is 18.6. The van der Waals surface area contributed by atoms with Crippen molar-refractivity contribution in [2.24, 2.45) is 0 Å². The van der Waals surface area contributed by atoms with E-state index in [2.05, 4.69) is 20.5 Å². The zero-order chi connectivity index (χ0) is 20.1. The topological polar surface area (TPSA) is 104 Å². The van der Waals surface area contributed by atoms with Crippen LogP contribution in [0.1, 0.15) is 41.7 Å². The number of nitriles is 1. The molecule has 1 amide bonds. The molecule has 1 aliphatic rings. The molecule has 0 saturated heterocycles. The molecule has 7 heteroatoms. The molecular formula is C22H21N5O2. The molecular weight excluding hydrogens is 366 g/mol. The molecule has 3 aromatic rings. The number of nitrogens with one attached hydrogen (secondary N) is 2. The fourth-order valence-corrected chi connectivity index (χ4v) is 3.47. The van der Waals surface area contributed by atoms with Gasteiger partial charge in [-0.05, 0) is 37.8 Å². The average molecular weight is 387 g/mol. The van der Waals surface area contributed by atoms with Gasteiger partial charge in [-0.3, -0.25) is 9.89 Å². The largest absolute Gasteiger partial charge is 0.474 e. The van der Waals surface area contributed by atoms with E-state index in [-0.39, 0.29) is 18.1 Å². The van der Waals surface area contributed by atoms with Crippen molar-refractivity contribution in [3.63, 3.8) is 0 Å². The van der Waals surface area contributed by atoms with E-state index in [4.69, 9.17) is 10.00 Å². The number of pyridine rings is 1. The highest BCUT2D eigenvalue weighted by Crippen LogP contribution is 2.23. The summed E-state index contributed by atoms with van der Waals surface area (Å²) in [5.41, 5.74) is 2.70. The van der Waals surface area contributed by atoms with Gasteiger partial charge in [-0.15, -0.1) is 0 Å². The van der Waals surface area contributed by atoms with Gasteiger partial charge in [0, 0.05) is 23.9 Å². The van der Waals surface area contributed by atoms with Crippen LogP contribution in [0.25, 0.3) is 11.3 Å². The molecule has 29 heavy (non-hydrogen) atoms. The zero-order valence-corrected chi connectivity index (χ0v) is 15.8. The van der Waals surface area contributed by atoms with E-state index >= 15 is 0 Å². The van der Waals surface area contributed by atoms with Crippen molar-refractivity contribution in [2.45, 2.75) is 37.8 Å². The number of H-pyrrole nitrogens is 1. The summed E-state index contributed by atoms with van der Waals surface area (Å²) in [5.74, 6) is 0.389. The number of ether oxygens (including phenoxy) is 1. The highest BCUT2D eigenvalue weighted by atomic mass is 16.5. The Morgan fingerprint density at radius 2 is 1.93 bits per heavy atom.